The monoisotopic (exact) mass is 150 g/mol. The van der Waals surface area contributed by atoms with Crippen LogP contribution < -0.4 is 0 Å². The molecule has 1 saturated carbocycles. The maximum Gasteiger partial charge on any atom is -0.0257 e. The first-order valence-electron chi connectivity index (χ1n) is 4.97. The fourth-order valence-corrected chi connectivity index (χ4v) is 2.92. The molecule has 2 aliphatic rings. The van der Waals surface area contributed by atoms with E-state index in [1.54, 1.807) is 0 Å². The normalized spacial score (nSPS) is 34.8. The highest BCUT2D eigenvalue weighted by atomic mass is 14.4. The maximum absolute atomic E-state index is 2.42. The fraction of sp³-hybridized carbons (Fsp3) is 0.818. The van der Waals surface area contributed by atoms with Crippen LogP contribution in [-0.4, -0.2) is 0 Å². The van der Waals surface area contributed by atoms with Gasteiger partial charge >= 0.3 is 0 Å². The Morgan fingerprint density at radius 2 is 2.00 bits per heavy atom. The largest absolute Gasteiger partial charge is 0.0877 e. The molecule has 11 heavy (non-hydrogen) atoms. The summed E-state index contributed by atoms with van der Waals surface area (Å²) in [4.78, 5) is 0. The van der Waals surface area contributed by atoms with Crippen LogP contribution >= 0.6 is 0 Å². The molecule has 2 rings (SSSR count). The molecule has 0 heterocycles. The molecule has 0 aromatic rings. The zero-order valence-electron chi connectivity index (χ0n) is 7.47. The van der Waals surface area contributed by atoms with E-state index in [9.17, 15) is 0 Å². The average Bonchev–Trinajstić information content (AvgIpc) is 2.37. The third kappa shape index (κ3) is 1.36. The van der Waals surface area contributed by atoms with Crippen molar-refractivity contribution in [3.05, 3.63) is 12.2 Å². The molecule has 0 radical (unpaired) electrons. The Morgan fingerprint density at radius 1 is 1.27 bits per heavy atom. The zero-order chi connectivity index (χ0) is 7.73. The maximum atomic E-state index is 2.42. The molecule has 0 bridgehead atoms. The van der Waals surface area contributed by atoms with Crippen molar-refractivity contribution in [1.29, 1.82) is 0 Å². The minimum absolute atomic E-state index is 0.758. The van der Waals surface area contributed by atoms with E-state index in [0.717, 1.165) is 11.3 Å². The van der Waals surface area contributed by atoms with Gasteiger partial charge in [0.1, 0.15) is 0 Å². The number of hydrogen-bond donors (Lipinski definition) is 0. The second-order valence-corrected chi connectivity index (χ2v) is 4.52. The summed E-state index contributed by atoms with van der Waals surface area (Å²) in [7, 11) is 0. The van der Waals surface area contributed by atoms with E-state index in [1.165, 1.54) is 38.5 Å². The lowest BCUT2D eigenvalue weighted by molar-refractivity contribution is 0.235. The number of hydrogen-bond acceptors (Lipinski definition) is 0. The first-order valence-corrected chi connectivity index (χ1v) is 4.97. The van der Waals surface area contributed by atoms with Gasteiger partial charge in [-0.25, -0.2) is 0 Å². The predicted octanol–water partition coefficient (Wildman–Crippen LogP) is 3.53. The van der Waals surface area contributed by atoms with Crippen molar-refractivity contribution < 1.29 is 0 Å². The van der Waals surface area contributed by atoms with Gasteiger partial charge in [-0.05, 0) is 37.0 Å². The molecule has 0 N–H and O–H groups in total. The van der Waals surface area contributed by atoms with E-state index in [-0.39, 0.29) is 0 Å². The summed E-state index contributed by atoms with van der Waals surface area (Å²) in [6.45, 7) is 2.36. The van der Waals surface area contributed by atoms with Crippen molar-refractivity contribution in [3.63, 3.8) is 0 Å². The highest BCUT2D eigenvalue weighted by molar-refractivity contribution is 5.02. The second kappa shape index (κ2) is 2.66. The van der Waals surface area contributed by atoms with E-state index < -0.39 is 0 Å². The topological polar surface area (TPSA) is 0 Å². The molecule has 0 aromatic carbocycles. The minimum Gasteiger partial charge on any atom is -0.0877 e. The Kier molecular flexibility index (Phi) is 1.78. The van der Waals surface area contributed by atoms with Crippen molar-refractivity contribution in [2.24, 2.45) is 11.3 Å². The van der Waals surface area contributed by atoms with Gasteiger partial charge in [-0.3, -0.25) is 0 Å². The van der Waals surface area contributed by atoms with Crippen LogP contribution in [0.5, 0.6) is 0 Å². The fourth-order valence-electron chi connectivity index (χ4n) is 2.92. The second-order valence-electron chi connectivity index (χ2n) is 4.52. The molecule has 2 aliphatic carbocycles. The van der Waals surface area contributed by atoms with Crippen LogP contribution in [0.1, 0.15) is 45.4 Å². The molecule has 1 spiro atoms. The molecule has 1 atom stereocenters. The van der Waals surface area contributed by atoms with Gasteiger partial charge in [-0.2, -0.15) is 0 Å². The first-order chi connectivity index (χ1) is 5.31. The first kappa shape index (κ1) is 7.39. The standard InChI is InChI=1S/C11H18/c1-10-5-4-8-11(9-10)6-2-3-7-11/h4-5,10H,2-3,6-9H2,1H3. The lowest BCUT2D eigenvalue weighted by Gasteiger charge is -2.33. The third-order valence-electron chi connectivity index (χ3n) is 3.43. The van der Waals surface area contributed by atoms with Gasteiger partial charge < -0.3 is 0 Å². The van der Waals surface area contributed by atoms with E-state index in [0.29, 0.717) is 0 Å². The minimum atomic E-state index is 0.758. The molecule has 0 nitrogen and oxygen atoms in total. The molecule has 1 fully saturated rings. The van der Waals surface area contributed by atoms with Crippen LogP contribution in [0, 0.1) is 11.3 Å². The molecule has 0 aromatic heterocycles. The molecular weight excluding hydrogens is 132 g/mol. The van der Waals surface area contributed by atoms with Gasteiger partial charge in [-0.1, -0.05) is 31.9 Å². The van der Waals surface area contributed by atoms with Crippen LogP contribution in [0.15, 0.2) is 12.2 Å². The van der Waals surface area contributed by atoms with E-state index in [1.807, 2.05) is 0 Å². The highest BCUT2D eigenvalue weighted by Crippen LogP contribution is 2.48. The lowest BCUT2D eigenvalue weighted by Crippen LogP contribution is -2.21. The Bertz CT molecular complexity index is 161. The Balaban J connectivity index is 2.09. The van der Waals surface area contributed by atoms with Crippen LogP contribution in [0.4, 0.5) is 0 Å². The average molecular weight is 150 g/mol. The molecule has 1 unspecified atom stereocenters. The van der Waals surface area contributed by atoms with Gasteiger partial charge in [0.05, 0.1) is 0 Å². The molecule has 0 saturated heterocycles. The summed E-state index contributed by atoms with van der Waals surface area (Å²) in [5.41, 5.74) is 0.758. The van der Waals surface area contributed by atoms with E-state index in [4.69, 9.17) is 0 Å². The van der Waals surface area contributed by atoms with Gasteiger partial charge in [0, 0.05) is 0 Å². The lowest BCUT2D eigenvalue weighted by atomic mass is 9.72. The van der Waals surface area contributed by atoms with Gasteiger partial charge in [0.25, 0.3) is 0 Å². The predicted molar refractivity (Wildman–Crippen MR) is 48.4 cm³/mol. The Labute approximate surface area is 69.7 Å². The molecule has 62 valence electrons. The Morgan fingerprint density at radius 3 is 2.64 bits per heavy atom. The van der Waals surface area contributed by atoms with Crippen molar-refractivity contribution in [1.82, 2.24) is 0 Å². The molecule has 0 heteroatoms. The summed E-state index contributed by atoms with van der Waals surface area (Å²) >= 11 is 0. The quantitative estimate of drug-likeness (QED) is 0.463. The summed E-state index contributed by atoms with van der Waals surface area (Å²) in [6, 6.07) is 0. The van der Waals surface area contributed by atoms with Crippen molar-refractivity contribution in [2.75, 3.05) is 0 Å². The van der Waals surface area contributed by atoms with E-state index >= 15 is 0 Å². The summed E-state index contributed by atoms with van der Waals surface area (Å²) in [5, 5.41) is 0. The zero-order valence-corrected chi connectivity index (χ0v) is 7.47. The van der Waals surface area contributed by atoms with Crippen molar-refractivity contribution in [2.45, 2.75) is 45.4 Å². The van der Waals surface area contributed by atoms with Crippen molar-refractivity contribution in [3.8, 4) is 0 Å². The number of allylic oxidation sites excluding steroid dienone is 2. The Hall–Kier alpha value is -0.260. The van der Waals surface area contributed by atoms with Gasteiger partial charge in [0.15, 0.2) is 0 Å². The third-order valence-corrected chi connectivity index (χ3v) is 3.43. The highest BCUT2D eigenvalue weighted by Gasteiger charge is 2.34. The summed E-state index contributed by atoms with van der Waals surface area (Å²) in [6.07, 6.45) is 13.6. The van der Waals surface area contributed by atoms with Gasteiger partial charge in [0.2, 0.25) is 0 Å². The van der Waals surface area contributed by atoms with Crippen LogP contribution in [-0.2, 0) is 0 Å². The van der Waals surface area contributed by atoms with Crippen LogP contribution in [0.2, 0.25) is 0 Å². The van der Waals surface area contributed by atoms with Gasteiger partial charge in [-0.15, -0.1) is 0 Å². The van der Waals surface area contributed by atoms with Crippen molar-refractivity contribution >= 4 is 0 Å². The van der Waals surface area contributed by atoms with Crippen LogP contribution in [0.25, 0.3) is 0 Å². The molecule has 0 aliphatic heterocycles. The smallest absolute Gasteiger partial charge is 0.0257 e. The SMILES string of the molecule is CC1C=CCC2(CCCC2)C1. The number of rotatable bonds is 0. The van der Waals surface area contributed by atoms with E-state index in [2.05, 4.69) is 19.1 Å². The summed E-state index contributed by atoms with van der Waals surface area (Å²) in [5.74, 6) is 0.849. The summed E-state index contributed by atoms with van der Waals surface area (Å²) < 4.78 is 0. The molecule has 0 amide bonds. The van der Waals surface area contributed by atoms with Crippen LogP contribution in [0.3, 0.4) is 0 Å². The molecular formula is C11H18.